The molecule has 0 aliphatic rings. The Morgan fingerprint density at radius 1 is 0.966 bits per heavy atom. The molecule has 3 aromatic carbocycles. The zero-order chi connectivity index (χ0) is 21.0. The van der Waals surface area contributed by atoms with Crippen LogP contribution in [0.3, 0.4) is 0 Å². The molecule has 0 saturated carbocycles. The molecule has 0 fully saturated rings. The Kier molecular flexibility index (Phi) is 6.26. The van der Waals surface area contributed by atoms with E-state index in [1.165, 1.54) is 5.56 Å². The highest BCUT2D eigenvalue weighted by atomic mass is 16.5. The Bertz CT molecular complexity index is 970. The van der Waals surface area contributed by atoms with Crippen molar-refractivity contribution in [2.75, 3.05) is 0 Å². The molecular weight excluding hydrogens is 358 g/mol. The van der Waals surface area contributed by atoms with Gasteiger partial charge in [0.1, 0.15) is 5.75 Å². The van der Waals surface area contributed by atoms with Crippen LogP contribution in [0.4, 0.5) is 0 Å². The second-order valence-electron chi connectivity index (χ2n) is 8.63. The van der Waals surface area contributed by atoms with Crippen molar-refractivity contribution in [3.8, 4) is 5.75 Å². The van der Waals surface area contributed by atoms with Gasteiger partial charge >= 0.3 is 0 Å². The first-order valence-corrected chi connectivity index (χ1v) is 10.3. The maximum absolute atomic E-state index is 12.8. The minimum absolute atomic E-state index is 0.0780. The van der Waals surface area contributed by atoms with E-state index in [1.807, 2.05) is 50.2 Å². The number of hydrogen-bond acceptors (Lipinski definition) is 2. The predicted octanol–water partition coefficient (Wildman–Crippen LogP) is 6.17. The van der Waals surface area contributed by atoms with Crippen LogP contribution in [0.2, 0.25) is 0 Å². The molecule has 0 spiro atoms. The van der Waals surface area contributed by atoms with E-state index in [9.17, 15) is 4.79 Å². The predicted molar refractivity (Wildman–Crippen MR) is 120 cm³/mol. The molecule has 152 valence electrons. The van der Waals surface area contributed by atoms with Gasteiger partial charge in [-0.05, 0) is 52.8 Å². The maximum Gasteiger partial charge on any atom is 0.261 e. The van der Waals surface area contributed by atoms with Crippen molar-refractivity contribution in [1.82, 2.24) is 5.32 Å². The largest absolute Gasteiger partial charge is 0.481 e. The van der Waals surface area contributed by atoms with E-state index in [4.69, 9.17) is 4.74 Å². The molecule has 1 N–H and O–H groups in total. The summed E-state index contributed by atoms with van der Waals surface area (Å²) in [6.07, 6.45) is 0.0846. The van der Waals surface area contributed by atoms with Gasteiger partial charge in [0.05, 0.1) is 6.04 Å². The molecule has 0 saturated heterocycles. The fraction of sp³-hybridized carbons (Fsp3) is 0.346. The maximum atomic E-state index is 12.8. The third kappa shape index (κ3) is 5.17. The van der Waals surface area contributed by atoms with Crippen LogP contribution in [0.5, 0.6) is 5.75 Å². The Morgan fingerprint density at radius 2 is 1.62 bits per heavy atom. The number of fused-ring (bicyclic) bond motifs is 1. The van der Waals surface area contributed by atoms with Crippen LogP contribution in [-0.4, -0.2) is 12.0 Å². The third-order valence-electron chi connectivity index (χ3n) is 5.30. The highest BCUT2D eigenvalue weighted by Crippen LogP contribution is 2.25. The lowest BCUT2D eigenvalue weighted by Gasteiger charge is -2.22. The molecular formula is C26H31NO2. The van der Waals surface area contributed by atoms with Crippen LogP contribution >= 0.6 is 0 Å². The number of carbonyl (C=O) groups excluding carboxylic acids is 1. The monoisotopic (exact) mass is 389 g/mol. The Balaban J connectivity index is 1.67. The fourth-order valence-electron chi connectivity index (χ4n) is 3.39. The summed E-state index contributed by atoms with van der Waals surface area (Å²) < 4.78 is 6.02. The molecule has 3 aromatic rings. The van der Waals surface area contributed by atoms with Gasteiger partial charge in [-0.15, -0.1) is 0 Å². The van der Waals surface area contributed by atoms with E-state index in [-0.39, 0.29) is 17.4 Å². The molecule has 2 atom stereocenters. The summed E-state index contributed by atoms with van der Waals surface area (Å²) >= 11 is 0. The summed E-state index contributed by atoms with van der Waals surface area (Å²) in [4.78, 5) is 12.8. The summed E-state index contributed by atoms with van der Waals surface area (Å²) in [5, 5.41) is 5.36. The van der Waals surface area contributed by atoms with Crippen LogP contribution in [0, 0.1) is 0 Å². The third-order valence-corrected chi connectivity index (χ3v) is 5.30. The zero-order valence-electron chi connectivity index (χ0n) is 18.0. The van der Waals surface area contributed by atoms with Gasteiger partial charge in [0.2, 0.25) is 0 Å². The first kappa shape index (κ1) is 20.9. The Hall–Kier alpha value is -2.81. The number of amides is 1. The standard InChI is InChI=1S/C26H31NO2/c1-6-24(29-23-16-13-20-9-7-8-10-21(20)17-23)25(28)27-18(2)19-11-14-22(15-12-19)26(3,4)5/h7-18,24H,6H2,1-5H3,(H,27,28). The molecule has 0 aliphatic carbocycles. The fourth-order valence-corrected chi connectivity index (χ4v) is 3.39. The molecule has 0 aromatic heterocycles. The van der Waals surface area contributed by atoms with E-state index in [1.54, 1.807) is 0 Å². The molecule has 0 bridgehead atoms. The number of hydrogen-bond donors (Lipinski definition) is 1. The lowest BCUT2D eigenvalue weighted by Crippen LogP contribution is -2.39. The van der Waals surface area contributed by atoms with Gasteiger partial charge in [-0.2, -0.15) is 0 Å². The Morgan fingerprint density at radius 3 is 2.24 bits per heavy atom. The molecule has 0 heterocycles. The van der Waals surface area contributed by atoms with E-state index >= 15 is 0 Å². The van der Waals surface area contributed by atoms with Crippen LogP contribution in [0.25, 0.3) is 10.8 Å². The normalized spacial score (nSPS) is 13.7. The van der Waals surface area contributed by atoms with E-state index in [0.717, 1.165) is 16.3 Å². The first-order valence-electron chi connectivity index (χ1n) is 10.3. The van der Waals surface area contributed by atoms with Crippen molar-refractivity contribution in [2.24, 2.45) is 0 Å². The smallest absolute Gasteiger partial charge is 0.261 e. The summed E-state index contributed by atoms with van der Waals surface area (Å²) in [6, 6.07) is 22.5. The van der Waals surface area contributed by atoms with Crippen molar-refractivity contribution >= 4 is 16.7 Å². The van der Waals surface area contributed by atoms with Gasteiger partial charge in [-0.1, -0.05) is 82.3 Å². The summed E-state index contributed by atoms with van der Waals surface area (Å²) in [5.74, 6) is 0.626. The average Bonchev–Trinajstić information content (AvgIpc) is 2.71. The summed E-state index contributed by atoms with van der Waals surface area (Å²) in [6.45, 7) is 10.6. The second-order valence-corrected chi connectivity index (χ2v) is 8.63. The molecule has 3 nitrogen and oxygen atoms in total. The number of rotatable bonds is 6. The van der Waals surface area contributed by atoms with Crippen molar-refractivity contribution in [1.29, 1.82) is 0 Å². The molecule has 0 radical (unpaired) electrons. The number of nitrogens with one attached hydrogen (secondary N) is 1. The van der Waals surface area contributed by atoms with E-state index in [2.05, 4.69) is 56.4 Å². The van der Waals surface area contributed by atoms with E-state index in [0.29, 0.717) is 12.2 Å². The number of ether oxygens (including phenoxy) is 1. The lowest BCUT2D eigenvalue weighted by molar-refractivity contribution is -0.128. The van der Waals surface area contributed by atoms with Crippen LogP contribution in [-0.2, 0) is 10.2 Å². The zero-order valence-corrected chi connectivity index (χ0v) is 18.0. The van der Waals surface area contributed by atoms with Gasteiger partial charge in [-0.25, -0.2) is 0 Å². The summed E-state index contributed by atoms with van der Waals surface area (Å²) in [5.41, 5.74) is 2.49. The summed E-state index contributed by atoms with van der Waals surface area (Å²) in [7, 11) is 0. The van der Waals surface area contributed by atoms with Crippen molar-refractivity contribution in [3.05, 3.63) is 77.9 Å². The van der Waals surface area contributed by atoms with Crippen LogP contribution in [0.15, 0.2) is 66.7 Å². The molecule has 0 aliphatic heterocycles. The SMILES string of the molecule is CCC(Oc1ccc2ccccc2c1)C(=O)NC(C)c1ccc(C(C)(C)C)cc1. The van der Waals surface area contributed by atoms with Gasteiger partial charge in [-0.3, -0.25) is 4.79 Å². The highest BCUT2D eigenvalue weighted by Gasteiger charge is 2.21. The quantitative estimate of drug-likeness (QED) is 0.547. The first-order chi connectivity index (χ1) is 13.8. The van der Waals surface area contributed by atoms with Crippen LogP contribution in [0.1, 0.15) is 58.2 Å². The van der Waals surface area contributed by atoms with Crippen molar-refractivity contribution < 1.29 is 9.53 Å². The van der Waals surface area contributed by atoms with Gasteiger partial charge in [0.15, 0.2) is 6.10 Å². The minimum Gasteiger partial charge on any atom is -0.481 e. The molecule has 3 heteroatoms. The Labute approximate surface area is 174 Å². The minimum atomic E-state index is -0.521. The van der Waals surface area contributed by atoms with E-state index < -0.39 is 6.10 Å². The lowest BCUT2D eigenvalue weighted by atomic mass is 9.86. The van der Waals surface area contributed by atoms with Gasteiger partial charge in [0.25, 0.3) is 5.91 Å². The second kappa shape index (κ2) is 8.69. The average molecular weight is 390 g/mol. The van der Waals surface area contributed by atoms with Gasteiger partial charge in [0, 0.05) is 0 Å². The number of carbonyl (C=O) groups is 1. The van der Waals surface area contributed by atoms with Gasteiger partial charge < -0.3 is 10.1 Å². The molecule has 2 unspecified atom stereocenters. The number of benzene rings is 3. The molecule has 1 amide bonds. The molecule has 29 heavy (non-hydrogen) atoms. The topological polar surface area (TPSA) is 38.3 Å². The van der Waals surface area contributed by atoms with Crippen LogP contribution < -0.4 is 10.1 Å². The van der Waals surface area contributed by atoms with Crippen molar-refractivity contribution in [2.45, 2.75) is 58.6 Å². The van der Waals surface area contributed by atoms with Crippen molar-refractivity contribution in [3.63, 3.8) is 0 Å². The molecule has 3 rings (SSSR count). The highest BCUT2D eigenvalue weighted by molar-refractivity contribution is 5.84.